The van der Waals surface area contributed by atoms with Crippen molar-refractivity contribution in [1.82, 2.24) is 0 Å². The quantitative estimate of drug-likeness (QED) is 0.323. The molecule has 0 aromatic rings. The molecule has 0 N–H and O–H groups in total. The molecule has 0 unspecified atom stereocenters. The SMILES string of the molecule is [Ge+4].[Ge+4].[La+3].[La+3].[O-2].[O-2].[O-2].[O-2].[O-2].[O-2].[O-2]. The Kier molecular flexibility index (Phi) is 4230. The fourth-order valence-electron chi connectivity index (χ4n) is 0. The molecule has 7 nitrogen and oxygen atoms in total. The number of rotatable bonds is 0. The molecule has 0 saturated carbocycles. The first kappa shape index (κ1) is 242. The maximum absolute atomic E-state index is 0. The zero-order chi connectivity index (χ0) is 0. The second-order valence-corrected chi connectivity index (χ2v) is 0. The van der Waals surface area contributed by atoms with Crippen LogP contribution in [0.1, 0.15) is 0 Å². The second kappa shape index (κ2) is 192. The summed E-state index contributed by atoms with van der Waals surface area (Å²) in [6.07, 6.45) is 0. The normalized spacial score (nSPS) is 0. The minimum atomic E-state index is 0. The van der Waals surface area contributed by atoms with Crippen LogP contribution in [0.15, 0.2) is 0 Å². The van der Waals surface area contributed by atoms with Crippen molar-refractivity contribution in [1.29, 1.82) is 0 Å². The van der Waals surface area contributed by atoms with E-state index in [9.17, 15) is 0 Å². The van der Waals surface area contributed by atoms with E-state index in [0.29, 0.717) is 0 Å². The van der Waals surface area contributed by atoms with Crippen LogP contribution in [0.5, 0.6) is 0 Å². The maximum atomic E-state index is 0. The number of hydrogen-bond acceptors (Lipinski definition) is 0. The molecule has 0 spiro atoms. The van der Waals surface area contributed by atoms with Crippen molar-refractivity contribution in [2.45, 2.75) is 0 Å². The van der Waals surface area contributed by atoms with E-state index in [0.717, 1.165) is 0 Å². The first-order valence-electron chi connectivity index (χ1n) is 0. The summed E-state index contributed by atoms with van der Waals surface area (Å²) in [5.41, 5.74) is 0. The second-order valence-electron chi connectivity index (χ2n) is 0. The first-order chi connectivity index (χ1) is 0. The maximum Gasteiger partial charge on any atom is 4.00 e. The van der Waals surface area contributed by atoms with E-state index in [1.165, 1.54) is 0 Å². The molecular weight excluding hydrogens is 535 g/mol. The molecular formula is Ge2La2O7. The van der Waals surface area contributed by atoms with Crippen LogP contribution in [0.4, 0.5) is 0 Å². The van der Waals surface area contributed by atoms with Crippen LogP contribution < -0.4 is 0 Å². The van der Waals surface area contributed by atoms with Gasteiger partial charge in [-0.3, -0.25) is 0 Å². The zero-order valence-electron chi connectivity index (χ0n) is 5.01. The molecule has 0 aliphatic rings. The summed E-state index contributed by atoms with van der Waals surface area (Å²) in [6, 6.07) is 0. The zero-order valence-corrected chi connectivity index (χ0v) is 16.5. The predicted octanol–water partition coefficient (Wildman–Crippen LogP) is -1.59. The Balaban J connectivity index is 0. The summed E-state index contributed by atoms with van der Waals surface area (Å²) in [5.74, 6) is 0. The molecule has 11 heteroatoms. The van der Waals surface area contributed by atoms with E-state index in [4.69, 9.17) is 0 Å². The van der Waals surface area contributed by atoms with E-state index in [2.05, 4.69) is 0 Å². The summed E-state index contributed by atoms with van der Waals surface area (Å²) in [7, 11) is 0. The van der Waals surface area contributed by atoms with Crippen molar-refractivity contribution in [3.05, 3.63) is 0 Å². The molecule has 0 fully saturated rings. The third-order valence-corrected chi connectivity index (χ3v) is 0. The predicted molar refractivity (Wildman–Crippen MR) is 16.3 cm³/mol. The molecule has 0 radical (unpaired) electrons. The molecule has 11 heavy (non-hydrogen) atoms. The summed E-state index contributed by atoms with van der Waals surface area (Å²) < 4.78 is 0. The smallest absolute Gasteiger partial charge is 2.00 e. The van der Waals surface area contributed by atoms with Crippen molar-refractivity contribution in [2.24, 2.45) is 0 Å². The molecule has 0 aromatic carbocycles. The van der Waals surface area contributed by atoms with Crippen LogP contribution in [0.25, 0.3) is 0 Å². The van der Waals surface area contributed by atoms with Gasteiger partial charge in [0.15, 0.2) is 0 Å². The van der Waals surface area contributed by atoms with Gasteiger partial charge in [0.05, 0.1) is 0 Å². The van der Waals surface area contributed by atoms with Gasteiger partial charge in [0, 0.05) is 0 Å². The van der Waals surface area contributed by atoms with Crippen LogP contribution in [0.2, 0.25) is 0 Å². The standard InChI is InChI=1S/2Ge.2La.7O/q2*+4;2*+3;7*-2. The molecule has 0 aliphatic carbocycles. The van der Waals surface area contributed by atoms with Crippen molar-refractivity contribution < 1.29 is 110 Å². The van der Waals surface area contributed by atoms with Crippen LogP contribution in [0, 0.1) is 71.2 Å². The molecule has 0 bridgehead atoms. The van der Waals surface area contributed by atoms with Crippen LogP contribution >= 0.6 is 0 Å². The van der Waals surface area contributed by atoms with E-state index in [1.807, 2.05) is 0 Å². The van der Waals surface area contributed by atoms with Gasteiger partial charge in [0.25, 0.3) is 0 Å². The minimum Gasteiger partial charge on any atom is -2.00 e. The van der Waals surface area contributed by atoms with Crippen molar-refractivity contribution >= 4 is 35.2 Å². The third-order valence-electron chi connectivity index (χ3n) is 0. The Bertz CT molecular complexity index is 14.4. The van der Waals surface area contributed by atoms with Crippen molar-refractivity contribution in [3.8, 4) is 0 Å². The fourth-order valence-corrected chi connectivity index (χ4v) is 0. The van der Waals surface area contributed by atoms with Crippen LogP contribution in [0.3, 0.4) is 0 Å². The molecule has 0 atom stereocenters. The summed E-state index contributed by atoms with van der Waals surface area (Å²) in [5, 5.41) is 0. The Morgan fingerprint density at radius 3 is 0.273 bits per heavy atom. The average molecular weight is 535 g/mol. The Hall–Kier alpha value is 3.20. The van der Waals surface area contributed by atoms with E-state index in [1.54, 1.807) is 0 Å². The summed E-state index contributed by atoms with van der Waals surface area (Å²) in [6.45, 7) is 0. The molecule has 56 valence electrons. The van der Waals surface area contributed by atoms with Gasteiger partial charge < -0.3 is 38.3 Å². The average Bonchev–Trinajstić information content (AvgIpc) is 0. The Labute approximate surface area is 142 Å². The Morgan fingerprint density at radius 2 is 0.273 bits per heavy atom. The van der Waals surface area contributed by atoms with Gasteiger partial charge in [-0.25, -0.2) is 0 Å². The third kappa shape index (κ3) is 162. The minimum absolute atomic E-state index is 0. The summed E-state index contributed by atoms with van der Waals surface area (Å²) in [4.78, 5) is 0. The monoisotopic (exact) mass is 538 g/mol. The molecule has 0 aromatic heterocycles. The van der Waals surface area contributed by atoms with Gasteiger partial charge in [-0.05, 0) is 0 Å². The van der Waals surface area contributed by atoms with Gasteiger partial charge in [-0.1, -0.05) is 0 Å². The molecule has 0 aliphatic heterocycles. The van der Waals surface area contributed by atoms with Gasteiger partial charge in [-0.15, -0.1) is 0 Å². The number of hydrogen-bond donors (Lipinski definition) is 0. The molecule has 0 amide bonds. The molecule has 0 saturated heterocycles. The van der Waals surface area contributed by atoms with Gasteiger partial charge >= 0.3 is 106 Å². The Morgan fingerprint density at radius 1 is 0.273 bits per heavy atom. The van der Waals surface area contributed by atoms with E-state index in [-0.39, 0.29) is 145 Å². The van der Waals surface area contributed by atoms with E-state index >= 15 is 0 Å². The first-order valence-corrected chi connectivity index (χ1v) is 0. The van der Waals surface area contributed by atoms with Crippen molar-refractivity contribution in [2.75, 3.05) is 0 Å². The summed E-state index contributed by atoms with van der Waals surface area (Å²) >= 11 is 0. The van der Waals surface area contributed by atoms with Gasteiger partial charge in [0.2, 0.25) is 0 Å². The van der Waals surface area contributed by atoms with Gasteiger partial charge in [-0.2, -0.15) is 0 Å². The largest absolute Gasteiger partial charge is 4.00 e. The molecule has 0 heterocycles. The topological polar surface area (TPSA) is 200 Å². The van der Waals surface area contributed by atoms with Crippen LogP contribution in [-0.2, 0) is 38.3 Å². The van der Waals surface area contributed by atoms with E-state index < -0.39 is 0 Å². The fraction of sp³-hybridized carbons (Fsp3) is 0. The van der Waals surface area contributed by atoms with Crippen LogP contribution in [-0.4, -0.2) is 35.2 Å². The van der Waals surface area contributed by atoms with Crippen molar-refractivity contribution in [3.63, 3.8) is 0 Å². The molecule has 0 rings (SSSR count). The van der Waals surface area contributed by atoms with Gasteiger partial charge in [0.1, 0.15) is 0 Å².